The van der Waals surface area contributed by atoms with Crippen LogP contribution in [0, 0.1) is 5.82 Å². The molecular formula is C10H13ClFNO3S. The zero-order valence-electron chi connectivity index (χ0n) is 9.15. The van der Waals surface area contributed by atoms with Crippen molar-refractivity contribution in [3.63, 3.8) is 0 Å². The lowest BCUT2D eigenvalue weighted by atomic mass is 10.2. The van der Waals surface area contributed by atoms with E-state index < -0.39 is 27.7 Å². The number of rotatable bonds is 5. The Morgan fingerprint density at radius 2 is 2.18 bits per heavy atom. The summed E-state index contributed by atoms with van der Waals surface area (Å²) in [6.45, 7) is 1.34. The highest BCUT2D eigenvalue weighted by molar-refractivity contribution is 7.88. The van der Waals surface area contributed by atoms with Gasteiger partial charge in [0.2, 0.25) is 10.0 Å². The van der Waals surface area contributed by atoms with Crippen molar-refractivity contribution >= 4 is 21.6 Å². The van der Waals surface area contributed by atoms with Crippen LogP contribution in [0.5, 0.6) is 0 Å². The Hall–Kier alpha value is -0.690. The monoisotopic (exact) mass is 281 g/mol. The second kappa shape index (κ2) is 5.77. The second-order valence-corrected chi connectivity index (χ2v) is 5.94. The highest BCUT2D eigenvalue weighted by atomic mass is 35.5. The third kappa shape index (κ3) is 4.99. The maximum absolute atomic E-state index is 13.3. The molecule has 7 heteroatoms. The molecule has 0 aliphatic heterocycles. The van der Waals surface area contributed by atoms with Crippen molar-refractivity contribution in [1.29, 1.82) is 0 Å². The molecule has 0 aliphatic carbocycles. The van der Waals surface area contributed by atoms with E-state index in [1.165, 1.54) is 19.1 Å². The van der Waals surface area contributed by atoms with Gasteiger partial charge in [0.25, 0.3) is 0 Å². The third-order valence-electron chi connectivity index (χ3n) is 1.95. The molecule has 1 aromatic rings. The summed E-state index contributed by atoms with van der Waals surface area (Å²) in [4.78, 5) is 0. The summed E-state index contributed by atoms with van der Waals surface area (Å²) in [6.07, 6.45) is -0.797. The van der Waals surface area contributed by atoms with Gasteiger partial charge in [-0.2, -0.15) is 0 Å². The van der Waals surface area contributed by atoms with Crippen LogP contribution >= 0.6 is 11.6 Å². The summed E-state index contributed by atoms with van der Waals surface area (Å²) < 4.78 is 38.5. The summed E-state index contributed by atoms with van der Waals surface area (Å²) in [7, 11) is -3.68. The van der Waals surface area contributed by atoms with Crippen molar-refractivity contribution in [3.8, 4) is 0 Å². The number of halogens is 2. The van der Waals surface area contributed by atoms with E-state index in [4.69, 9.17) is 16.7 Å². The Balaban J connectivity index is 2.79. The standard InChI is InChI=1S/C10H13ClFNO3S/c1-7(14)5-13-17(15,16)6-8-4-9(11)2-3-10(8)12/h2-4,7,13-14H,5-6H2,1H3. The topological polar surface area (TPSA) is 66.4 Å². The fraction of sp³-hybridized carbons (Fsp3) is 0.400. The summed E-state index contributed by atoms with van der Waals surface area (Å²) in [6, 6.07) is 3.72. The van der Waals surface area contributed by atoms with E-state index in [0.29, 0.717) is 0 Å². The molecule has 17 heavy (non-hydrogen) atoms. The fourth-order valence-corrected chi connectivity index (χ4v) is 2.58. The zero-order valence-corrected chi connectivity index (χ0v) is 10.7. The van der Waals surface area contributed by atoms with Crippen LogP contribution in [-0.2, 0) is 15.8 Å². The van der Waals surface area contributed by atoms with Crippen molar-refractivity contribution in [1.82, 2.24) is 4.72 Å². The molecule has 0 aliphatic rings. The summed E-state index contributed by atoms with van der Waals surface area (Å²) >= 11 is 5.65. The van der Waals surface area contributed by atoms with Gasteiger partial charge in [-0.1, -0.05) is 11.6 Å². The molecular weight excluding hydrogens is 269 g/mol. The van der Waals surface area contributed by atoms with Crippen LogP contribution in [0.15, 0.2) is 18.2 Å². The minimum Gasteiger partial charge on any atom is -0.392 e. The van der Waals surface area contributed by atoms with E-state index in [0.717, 1.165) is 6.07 Å². The number of nitrogens with one attached hydrogen (secondary N) is 1. The van der Waals surface area contributed by atoms with Gasteiger partial charge in [-0.15, -0.1) is 0 Å². The number of hydrogen-bond donors (Lipinski definition) is 2. The van der Waals surface area contributed by atoms with Gasteiger partial charge in [-0.05, 0) is 25.1 Å². The van der Waals surface area contributed by atoms with Crippen molar-refractivity contribution in [2.24, 2.45) is 0 Å². The molecule has 96 valence electrons. The summed E-state index contributed by atoms with van der Waals surface area (Å²) in [5.74, 6) is -1.14. The van der Waals surface area contributed by atoms with Crippen LogP contribution in [0.4, 0.5) is 4.39 Å². The minimum atomic E-state index is -3.68. The normalized spacial score (nSPS) is 13.6. The molecule has 0 bridgehead atoms. The number of sulfonamides is 1. The predicted octanol–water partition coefficient (Wildman–Crippen LogP) is 1.28. The van der Waals surface area contributed by atoms with Gasteiger partial charge in [0, 0.05) is 17.1 Å². The molecule has 2 N–H and O–H groups in total. The quantitative estimate of drug-likeness (QED) is 0.854. The lowest BCUT2D eigenvalue weighted by Gasteiger charge is -2.09. The summed E-state index contributed by atoms with van der Waals surface area (Å²) in [5.41, 5.74) is -0.00408. The van der Waals surface area contributed by atoms with Gasteiger partial charge in [0.05, 0.1) is 11.9 Å². The van der Waals surface area contributed by atoms with E-state index >= 15 is 0 Å². The number of aliphatic hydroxyl groups is 1. The van der Waals surface area contributed by atoms with Gasteiger partial charge in [0.1, 0.15) is 5.82 Å². The van der Waals surface area contributed by atoms with Gasteiger partial charge >= 0.3 is 0 Å². The first-order valence-electron chi connectivity index (χ1n) is 4.89. The number of aliphatic hydroxyl groups excluding tert-OH is 1. The molecule has 0 heterocycles. The lowest BCUT2D eigenvalue weighted by Crippen LogP contribution is -2.31. The molecule has 1 unspecified atom stereocenters. The first-order chi connectivity index (χ1) is 7.80. The molecule has 0 saturated carbocycles. The smallest absolute Gasteiger partial charge is 0.215 e. The van der Waals surface area contributed by atoms with Crippen LogP contribution in [0.2, 0.25) is 5.02 Å². The molecule has 0 saturated heterocycles. The van der Waals surface area contributed by atoms with Gasteiger partial charge in [-0.3, -0.25) is 0 Å². The first-order valence-corrected chi connectivity index (χ1v) is 6.92. The number of hydrogen-bond acceptors (Lipinski definition) is 3. The molecule has 1 rings (SSSR count). The number of benzene rings is 1. The van der Waals surface area contributed by atoms with E-state index in [-0.39, 0.29) is 17.1 Å². The van der Waals surface area contributed by atoms with Crippen molar-refractivity contribution in [3.05, 3.63) is 34.6 Å². The Kier molecular flexibility index (Phi) is 4.88. The average molecular weight is 282 g/mol. The Labute approximate surface area is 104 Å². The second-order valence-electron chi connectivity index (χ2n) is 3.69. The van der Waals surface area contributed by atoms with Crippen molar-refractivity contribution in [2.75, 3.05) is 6.54 Å². The predicted molar refractivity (Wildman–Crippen MR) is 63.7 cm³/mol. The minimum absolute atomic E-state index is 0.00408. The highest BCUT2D eigenvalue weighted by Gasteiger charge is 2.15. The van der Waals surface area contributed by atoms with E-state index in [2.05, 4.69) is 4.72 Å². The molecule has 1 atom stereocenters. The summed E-state index contributed by atoms with van der Waals surface area (Å²) in [5, 5.41) is 9.23. The fourth-order valence-electron chi connectivity index (χ4n) is 1.16. The SMILES string of the molecule is CC(O)CNS(=O)(=O)Cc1cc(Cl)ccc1F. The lowest BCUT2D eigenvalue weighted by molar-refractivity contribution is 0.198. The van der Waals surface area contributed by atoms with Crippen molar-refractivity contribution < 1.29 is 17.9 Å². The van der Waals surface area contributed by atoms with Crippen LogP contribution in [0.3, 0.4) is 0 Å². The van der Waals surface area contributed by atoms with Gasteiger partial charge in [0.15, 0.2) is 0 Å². The van der Waals surface area contributed by atoms with Crippen molar-refractivity contribution in [2.45, 2.75) is 18.8 Å². The van der Waals surface area contributed by atoms with Crippen LogP contribution < -0.4 is 4.72 Å². The molecule has 0 fully saturated rings. The van der Waals surface area contributed by atoms with E-state index in [1.54, 1.807) is 0 Å². The van der Waals surface area contributed by atoms with Gasteiger partial charge < -0.3 is 5.11 Å². The molecule has 0 aromatic heterocycles. The van der Waals surface area contributed by atoms with Crippen LogP contribution in [-0.4, -0.2) is 26.2 Å². The third-order valence-corrected chi connectivity index (χ3v) is 3.48. The molecule has 1 aromatic carbocycles. The first kappa shape index (κ1) is 14.4. The molecule has 0 spiro atoms. The van der Waals surface area contributed by atoms with Crippen LogP contribution in [0.1, 0.15) is 12.5 Å². The Morgan fingerprint density at radius 1 is 1.53 bits per heavy atom. The van der Waals surface area contributed by atoms with Crippen LogP contribution in [0.25, 0.3) is 0 Å². The average Bonchev–Trinajstić information content (AvgIpc) is 2.20. The molecule has 4 nitrogen and oxygen atoms in total. The zero-order chi connectivity index (χ0) is 13.1. The maximum Gasteiger partial charge on any atom is 0.215 e. The molecule has 0 radical (unpaired) electrons. The largest absolute Gasteiger partial charge is 0.392 e. The van der Waals surface area contributed by atoms with E-state index in [9.17, 15) is 12.8 Å². The van der Waals surface area contributed by atoms with E-state index in [1.807, 2.05) is 0 Å². The van der Waals surface area contributed by atoms with Gasteiger partial charge in [-0.25, -0.2) is 17.5 Å². The Morgan fingerprint density at radius 3 is 2.76 bits per heavy atom. The maximum atomic E-state index is 13.3. The highest BCUT2D eigenvalue weighted by Crippen LogP contribution is 2.16. The Bertz CT molecular complexity index is 490. The molecule has 0 amide bonds.